The summed E-state index contributed by atoms with van der Waals surface area (Å²) < 4.78 is 0. The third kappa shape index (κ3) is 1.07. The molecule has 0 saturated heterocycles. The summed E-state index contributed by atoms with van der Waals surface area (Å²) in [5.41, 5.74) is 7.51. The summed E-state index contributed by atoms with van der Waals surface area (Å²) in [6, 6.07) is 0. The van der Waals surface area contributed by atoms with Crippen LogP contribution >= 0.6 is 0 Å². The quantitative estimate of drug-likeness (QED) is 0.520. The Bertz CT molecular complexity index is 253. The van der Waals surface area contributed by atoms with Gasteiger partial charge < -0.3 is 0 Å². The average molecular weight is 150 g/mol. The van der Waals surface area contributed by atoms with E-state index in [-0.39, 0.29) is 5.91 Å². The van der Waals surface area contributed by atoms with Crippen LogP contribution in [0.3, 0.4) is 0 Å². The predicted molar refractivity (Wildman–Crippen MR) is 41.5 cm³/mol. The van der Waals surface area contributed by atoms with E-state index in [9.17, 15) is 4.79 Å². The molecule has 0 unspecified atom stereocenters. The summed E-state index contributed by atoms with van der Waals surface area (Å²) in [7, 11) is 0. The number of hydrazine groups is 1. The first kappa shape index (κ1) is 6.61. The topological polar surface area (TPSA) is 41.1 Å². The molecule has 58 valence electrons. The molecule has 1 aliphatic heterocycles. The molecule has 2 N–H and O–H groups in total. The van der Waals surface area contributed by atoms with Gasteiger partial charge in [-0.2, -0.15) is 0 Å². The molecule has 11 heavy (non-hydrogen) atoms. The number of nitrogens with one attached hydrogen (secondary N) is 2. The second kappa shape index (κ2) is 2.51. The van der Waals surface area contributed by atoms with Gasteiger partial charge >= 0.3 is 0 Å². The van der Waals surface area contributed by atoms with Crippen molar-refractivity contribution in [3.63, 3.8) is 0 Å². The van der Waals surface area contributed by atoms with Gasteiger partial charge in [-0.15, -0.1) is 0 Å². The van der Waals surface area contributed by atoms with Crippen LogP contribution in [0.5, 0.6) is 0 Å². The molecular formula is C8H10N2O. The monoisotopic (exact) mass is 150 g/mol. The van der Waals surface area contributed by atoms with E-state index in [1.165, 1.54) is 5.57 Å². The van der Waals surface area contributed by atoms with E-state index in [1.807, 2.05) is 12.2 Å². The maximum absolute atomic E-state index is 11.1. The summed E-state index contributed by atoms with van der Waals surface area (Å²) in [6.45, 7) is 0.797. The third-order valence-corrected chi connectivity index (χ3v) is 2.03. The normalized spacial score (nSPS) is 23.1. The van der Waals surface area contributed by atoms with Crippen LogP contribution in [-0.2, 0) is 4.79 Å². The second-order valence-corrected chi connectivity index (χ2v) is 2.77. The van der Waals surface area contributed by atoms with Crippen molar-refractivity contribution in [2.45, 2.75) is 12.8 Å². The number of rotatable bonds is 0. The predicted octanol–water partition coefficient (Wildman–Crippen LogP) is 0.267. The minimum atomic E-state index is 0.00204. The van der Waals surface area contributed by atoms with Crippen LogP contribution < -0.4 is 10.9 Å². The lowest BCUT2D eigenvalue weighted by atomic mass is 9.96. The van der Waals surface area contributed by atoms with E-state index < -0.39 is 0 Å². The van der Waals surface area contributed by atoms with Crippen molar-refractivity contribution in [1.29, 1.82) is 0 Å². The highest BCUT2D eigenvalue weighted by Gasteiger charge is 2.18. The molecule has 1 amide bonds. The highest BCUT2D eigenvalue weighted by Crippen LogP contribution is 2.19. The zero-order valence-electron chi connectivity index (χ0n) is 6.18. The molecule has 3 nitrogen and oxygen atoms in total. The van der Waals surface area contributed by atoms with Gasteiger partial charge in [-0.05, 0) is 18.4 Å². The van der Waals surface area contributed by atoms with Gasteiger partial charge in [-0.1, -0.05) is 12.2 Å². The summed E-state index contributed by atoms with van der Waals surface area (Å²) in [5.74, 6) is 0.00204. The number of hydrogen-bond acceptors (Lipinski definition) is 2. The third-order valence-electron chi connectivity index (χ3n) is 2.03. The smallest absolute Gasteiger partial charge is 0.265 e. The van der Waals surface area contributed by atoms with Crippen LogP contribution in [0.4, 0.5) is 0 Å². The van der Waals surface area contributed by atoms with Crippen LogP contribution in [0, 0.1) is 0 Å². The molecular weight excluding hydrogens is 140 g/mol. The molecule has 0 saturated carbocycles. The van der Waals surface area contributed by atoms with Gasteiger partial charge in [0.2, 0.25) is 0 Å². The molecule has 0 aromatic heterocycles. The van der Waals surface area contributed by atoms with Gasteiger partial charge in [0.1, 0.15) is 0 Å². The molecule has 2 rings (SSSR count). The van der Waals surface area contributed by atoms with Crippen molar-refractivity contribution in [2.24, 2.45) is 0 Å². The Morgan fingerprint density at radius 3 is 3.18 bits per heavy atom. The molecule has 1 aliphatic carbocycles. The minimum Gasteiger partial charge on any atom is -0.287 e. The lowest BCUT2D eigenvalue weighted by Gasteiger charge is -2.21. The highest BCUT2D eigenvalue weighted by atomic mass is 16.2. The van der Waals surface area contributed by atoms with E-state index in [0.717, 1.165) is 25.0 Å². The highest BCUT2D eigenvalue weighted by molar-refractivity contribution is 5.97. The van der Waals surface area contributed by atoms with Crippen LogP contribution in [-0.4, -0.2) is 12.5 Å². The summed E-state index contributed by atoms with van der Waals surface area (Å²) in [4.78, 5) is 11.1. The van der Waals surface area contributed by atoms with Crippen molar-refractivity contribution >= 4 is 5.91 Å². The standard InChI is InChI=1S/C8H10N2O/c11-8-7-4-2-1-3-6(7)5-9-10-8/h2,4,9H,1,3,5H2,(H,10,11). The average Bonchev–Trinajstić information content (AvgIpc) is 2.06. The van der Waals surface area contributed by atoms with Crippen LogP contribution in [0.1, 0.15) is 12.8 Å². The Hall–Kier alpha value is -1.09. The molecule has 0 radical (unpaired) electrons. The van der Waals surface area contributed by atoms with Gasteiger partial charge in [0.05, 0.1) is 0 Å². The van der Waals surface area contributed by atoms with Crippen molar-refractivity contribution in [3.8, 4) is 0 Å². The molecule has 0 spiro atoms. The molecule has 0 fully saturated rings. The number of carbonyl (C=O) groups is 1. The van der Waals surface area contributed by atoms with Gasteiger partial charge in [-0.25, -0.2) is 5.43 Å². The molecule has 0 aromatic carbocycles. The van der Waals surface area contributed by atoms with Gasteiger partial charge in [0.25, 0.3) is 5.91 Å². The molecule has 3 heteroatoms. The maximum atomic E-state index is 11.1. The lowest BCUT2D eigenvalue weighted by Crippen LogP contribution is -2.44. The molecule has 2 aliphatic rings. The number of hydrogen-bond donors (Lipinski definition) is 2. The Labute approximate surface area is 65.1 Å². The van der Waals surface area contributed by atoms with Crippen molar-refractivity contribution < 1.29 is 4.79 Å². The molecule has 1 heterocycles. The van der Waals surface area contributed by atoms with Crippen molar-refractivity contribution in [2.75, 3.05) is 6.54 Å². The van der Waals surface area contributed by atoms with Crippen molar-refractivity contribution in [1.82, 2.24) is 10.9 Å². The molecule has 0 atom stereocenters. The Morgan fingerprint density at radius 2 is 2.36 bits per heavy atom. The largest absolute Gasteiger partial charge is 0.287 e. The zero-order chi connectivity index (χ0) is 7.68. The number of amides is 1. The Morgan fingerprint density at radius 1 is 1.45 bits per heavy atom. The van der Waals surface area contributed by atoms with Gasteiger partial charge in [0.15, 0.2) is 0 Å². The fraction of sp³-hybridized carbons (Fsp3) is 0.375. The Kier molecular flexibility index (Phi) is 1.51. The first-order chi connectivity index (χ1) is 5.38. The van der Waals surface area contributed by atoms with E-state index in [2.05, 4.69) is 10.9 Å². The van der Waals surface area contributed by atoms with Crippen LogP contribution in [0.2, 0.25) is 0 Å². The molecule has 0 aromatic rings. The SMILES string of the molecule is O=C1NNCC2=C1C=CCC2. The fourth-order valence-electron chi connectivity index (χ4n) is 1.43. The van der Waals surface area contributed by atoms with E-state index in [1.54, 1.807) is 0 Å². The number of carbonyl (C=O) groups excluding carboxylic acids is 1. The summed E-state index contributed by atoms with van der Waals surface area (Å²) in [5, 5.41) is 0. The van der Waals surface area contributed by atoms with E-state index in [4.69, 9.17) is 0 Å². The summed E-state index contributed by atoms with van der Waals surface area (Å²) >= 11 is 0. The number of allylic oxidation sites excluding steroid dienone is 1. The van der Waals surface area contributed by atoms with Crippen LogP contribution in [0.25, 0.3) is 0 Å². The minimum absolute atomic E-state index is 0.00204. The maximum Gasteiger partial charge on any atom is 0.265 e. The van der Waals surface area contributed by atoms with Gasteiger partial charge in [0, 0.05) is 12.1 Å². The molecule has 0 bridgehead atoms. The van der Waals surface area contributed by atoms with Crippen molar-refractivity contribution in [3.05, 3.63) is 23.3 Å². The zero-order valence-corrected chi connectivity index (χ0v) is 6.18. The van der Waals surface area contributed by atoms with E-state index >= 15 is 0 Å². The summed E-state index contributed by atoms with van der Waals surface area (Å²) in [6.07, 6.45) is 6.04. The fourth-order valence-corrected chi connectivity index (χ4v) is 1.43. The first-order valence-corrected chi connectivity index (χ1v) is 3.80. The Balaban J connectivity index is 2.35. The van der Waals surface area contributed by atoms with Crippen LogP contribution in [0.15, 0.2) is 23.3 Å². The van der Waals surface area contributed by atoms with Gasteiger partial charge in [-0.3, -0.25) is 10.2 Å². The lowest BCUT2D eigenvalue weighted by molar-refractivity contribution is -0.118. The first-order valence-electron chi connectivity index (χ1n) is 3.80. The van der Waals surface area contributed by atoms with E-state index in [0.29, 0.717) is 0 Å². The second-order valence-electron chi connectivity index (χ2n) is 2.77.